The molecule has 1 aromatic carbocycles. The number of methoxy groups -OCH3 is 1. The van der Waals surface area contributed by atoms with Crippen molar-refractivity contribution in [3.8, 4) is 11.5 Å². The Labute approximate surface area is 122 Å². The molecule has 110 valence electrons. The molecule has 2 rings (SSSR count). The summed E-state index contributed by atoms with van der Waals surface area (Å²) in [6.07, 6.45) is 6.99. The van der Waals surface area contributed by atoms with Gasteiger partial charge in [0.25, 0.3) is 0 Å². The molecular formula is C17H25NO2. The van der Waals surface area contributed by atoms with E-state index >= 15 is 0 Å². The van der Waals surface area contributed by atoms with Crippen LogP contribution in [0.5, 0.6) is 11.5 Å². The summed E-state index contributed by atoms with van der Waals surface area (Å²) in [7, 11) is 1.66. The highest BCUT2D eigenvalue weighted by Crippen LogP contribution is 2.25. The van der Waals surface area contributed by atoms with Crippen molar-refractivity contribution in [2.45, 2.75) is 19.8 Å². The molecule has 0 radical (unpaired) electrons. The van der Waals surface area contributed by atoms with Gasteiger partial charge in [0.1, 0.15) is 6.61 Å². The zero-order valence-electron chi connectivity index (χ0n) is 12.5. The first kappa shape index (κ1) is 14.9. The third-order valence-corrected chi connectivity index (χ3v) is 3.68. The summed E-state index contributed by atoms with van der Waals surface area (Å²) in [4.78, 5) is 2.51. The molecular weight excluding hydrogens is 250 g/mol. The molecule has 1 heterocycles. The van der Waals surface area contributed by atoms with Gasteiger partial charge in [-0.3, -0.25) is 4.90 Å². The molecule has 3 heteroatoms. The highest BCUT2D eigenvalue weighted by Gasteiger charge is 2.14. The van der Waals surface area contributed by atoms with Crippen molar-refractivity contribution in [2.75, 3.05) is 33.4 Å². The van der Waals surface area contributed by atoms with Gasteiger partial charge in [0.05, 0.1) is 7.11 Å². The second kappa shape index (κ2) is 7.95. The van der Waals surface area contributed by atoms with E-state index in [2.05, 4.69) is 24.0 Å². The first-order chi connectivity index (χ1) is 9.79. The Kier molecular flexibility index (Phi) is 5.93. The van der Waals surface area contributed by atoms with Crippen LogP contribution < -0.4 is 9.47 Å². The smallest absolute Gasteiger partial charge is 0.161 e. The van der Waals surface area contributed by atoms with Crippen LogP contribution in [-0.2, 0) is 0 Å². The van der Waals surface area contributed by atoms with Crippen molar-refractivity contribution < 1.29 is 9.47 Å². The molecule has 1 unspecified atom stereocenters. The molecule has 20 heavy (non-hydrogen) atoms. The number of piperidine rings is 1. The van der Waals surface area contributed by atoms with E-state index in [4.69, 9.17) is 9.47 Å². The highest BCUT2D eigenvalue weighted by atomic mass is 16.5. The molecule has 0 spiro atoms. The summed E-state index contributed by atoms with van der Waals surface area (Å²) < 4.78 is 11.0. The molecule has 1 atom stereocenters. The van der Waals surface area contributed by atoms with Gasteiger partial charge in [-0.05, 0) is 37.4 Å². The largest absolute Gasteiger partial charge is 0.493 e. The fraction of sp³-hybridized carbons (Fsp3) is 0.529. The number of likely N-dealkylation sites (tertiary alicyclic amines) is 1. The zero-order valence-corrected chi connectivity index (χ0v) is 12.5. The lowest BCUT2D eigenvalue weighted by molar-refractivity contribution is 0.201. The minimum Gasteiger partial charge on any atom is -0.493 e. The molecule has 1 aliphatic rings. The van der Waals surface area contributed by atoms with E-state index in [-0.39, 0.29) is 0 Å². The minimum atomic E-state index is 0.587. The number of hydrogen-bond donors (Lipinski definition) is 0. The molecule has 1 aliphatic heterocycles. The van der Waals surface area contributed by atoms with E-state index in [0.29, 0.717) is 6.61 Å². The predicted octanol–water partition coefficient (Wildman–Crippen LogP) is 3.36. The SMILES string of the molecule is COc1ccccc1OCC=CCN1CCCC(C)C1. The highest BCUT2D eigenvalue weighted by molar-refractivity contribution is 5.39. The first-order valence-electron chi connectivity index (χ1n) is 7.42. The van der Waals surface area contributed by atoms with E-state index in [9.17, 15) is 0 Å². The van der Waals surface area contributed by atoms with Crippen LogP contribution in [0, 0.1) is 5.92 Å². The van der Waals surface area contributed by atoms with Gasteiger partial charge in [0.15, 0.2) is 11.5 Å². The molecule has 1 fully saturated rings. The Balaban J connectivity index is 1.71. The van der Waals surface area contributed by atoms with Crippen LogP contribution in [0.4, 0.5) is 0 Å². The molecule has 1 aromatic rings. The standard InChI is InChI=1S/C17H25NO2/c1-15-8-7-12-18(14-15)11-5-6-13-20-17-10-4-3-9-16(17)19-2/h3-6,9-10,15H,7-8,11-14H2,1-2H3. The van der Waals surface area contributed by atoms with E-state index in [1.807, 2.05) is 24.3 Å². The summed E-state index contributed by atoms with van der Waals surface area (Å²) in [5, 5.41) is 0. The topological polar surface area (TPSA) is 21.7 Å². The minimum absolute atomic E-state index is 0.587. The fourth-order valence-electron chi connectivity index (χ4n) is 2.62. The third kappa shape index (κ3) is 4.57. The normalized spacial score (nSPS) is 20.2. The van der Waals surface area contributed by atoms with E-state index in [0.717, 1.165) is 24.0 Å². The Morgan fingerprint density at radius 3 is 2.80 bits per heavy atom. The maximum absolute atomic E-state index is 5.71. The second-order valence-corrected chi connectivity index (χ2v) is 5.44. The van der Waals surface area contributed by atoms with Crippen LogP contribution in [0.15, 0.2) is 36.4 Å². The molecule has 0 aliphatic carbocycles. The molecule has 3 nitrogen and oxygen atoms in total. The Morgan fingerprint density at radius 1 is 1.25 bits per heavy atom. The molecule has 0 saturated carbocycles. The van der Waals surface area contributed by atoms with Crippen LogP contribution in [0.3, 0.4) is 0 Å². The van der Waals surface area contributed by atoms with Gasteiger partial charge < -0.3 is 9.47 Å². The predicted molar refractivity (Wildman–Crippen MR) is 82.5 cm³/mol. The number of ether oxygens (including phenoxy) is 2. The average molecular weight is 275 g/mol. The van der Waals surface area contributed by atoms with Gasteiger partial charge in [-0.15, -0.1) is 0 Å². The zero-order chi connectivity index (χ0) is 14.2. The van der Waals surface area contributed by atoms with Crippen LogP contribution in [0.25, 0.3) is 0 Å². The summed E-state index contributed by atoms with van der Waals surface area (Å²) in [5.41, 5.74) is 0. The third-order valence-electron chi connectivity index (χ3n) is 3.68. The first-order valence-corrected chi connectivity index (χ1v) is 7.42. The monoisotopic (exact) mass is 275 g/mol. The Hall–Kier alpha value is -1.48. The van der Waals surface area contributed by atoms with Crippen molar-refractivity contribution in [1.82, 2.24) is 4.90 Å². The van der Waals surface area contributed by atoms with Crippen molar-refractivity contribution in [3.63, 3.8) is 0 Å². The number of nitrogens with zero attached hydrogens (tertiary/aromatic N) is 1. The van der Waals surface area contributed by atoms with Crippen LogP contribution in [0.1, 0.15) is 19.8 Å². The van der Waals surface area contributed by atoms with Gasteiger partial charge in [0.2, 0.25) is 0 Å². The van der Waals surface area contributed by atoms with E-state index < -0.39 is 0 Å². The van der Waals surface area contributed by atoms with Crippen LogP contribution in [-0.4, -0.2) is 38.3 Å². The molecule has 0 N–H and O–H groups in total. The summed E-state index contributed by atoms with van der Waals surface area (Å²) in [5.74, 6) is 2.42. The Bertz CT molecular complexity index is 431. The van der Waals surface area contributed by atoms with Gasteiger partial charge >= 0.3 is 0 Å². The maximum Gasteiger partial charge on any atom is 0.161 e. The average Bonchev–Trinajstić information content (AvgIpc) is 2.47. The lowest BCUT2D eigenvalue weighted by atomic mass is 10.0. The Morgan fingerprint density at radius 2 is 2.05 bits per heavy atom. The van der Waals surface area contributed by atoms with Gasteiger partial charge in [0, 0.05) is 13.1 Å². The number of rotatable bonds is 6. The molecule has 0 amide bonds. The summed E-state index contributed by atoms with van der Waals surface area (Å²) >= 11 is 0. The van der Waals surface area contributed by atoms with Gasteiger partial charge in [-0.1, -0.05) is 31.2 Å². The number of para-hydroxylation sites is 2. The van der Waals surface area contributed by atoms with Crippen molar-refractivity contribution in [2.24, 2.45) is 5.92 Å². The van der Waals surface area contributed by atoms with Crippen LogP contribution in [0.2, 0.25) is 0 Å². The quantitative estimate of drug-likeness (QED) is 0.743. The van der Waals surface area contributed by atoms with Crippen molar-refractivity contribution in [3.05, 3.63) is 36.4 Å². The fourth-order valence-corrected chi connectivity index (χ4v) is 2.62. The second-order valence-electron chi connectivity index (χ2n) is 5.44. The number of benzene rings is 1. The lowest BCUT2D eigenvalue weighted by Crippen LogP contribution is -2.34. The van der Waals surface area contributed by atoms with Crippen molar-refractivity contribution >= 4 is 0 Å². The summed E-state index contributed by atoms with van der Waals surface area (Å²) in [6, 6.07) is 7.74. The van der Waals surface area contributed by atoms with Gasteiger partial charge in [-0.2, -0.15) is 0 Å². The van der Waals surface area contributed by atoms with Crippen LogP contribution >= 0.6 is 0 Å². The van der Waals surface area contributed by atoms with E-state index in [1.54, 1.807) is 7.11 Å². The lowest BCUT2D eigenvalue weighted by Gasteiger charge is -2.29. The van der Waals surface area contributed by atoms with Gasteiger partial charge in [-0.25, -0.2) is 0 Å². The van der Waals surface area contributed by atoms with Crippen molar-refractivity contribution in [1.29, 1.82) is 0 Å². The number of hydrogen-bond acceptors (Lipinski definition) is 3. The maximum atomic E-state index is 5.71. The summed E-state index contributed by atoms with van der Waals surface area (Å²) in [6.45, 7) is 6.39. The molecule has 1 saturated heterocycles. The molecule has 0 aromatic heterocycles. The van der Waals surface area contributed by atoms with E-state index in [1.165, 1.54) is 25.9 Å². The molecule has 0 bridgehead atoms.